The summed E-state index contributed by atoms with van der Waals surface area (Å²) in [6.07, 6.45) is 4.55. The minimum absolute atomic E-state index is 0.133. The number of fused-ring (bicyclic) bond motifs is 1. The molecule has 1 unspecified atom stereocenters. The zero-order chi connectivity index (χ0) is 17.4. The van der Waals surface area contributed by atoms with Gasteiger partial charge in [-0.05, 0) is 50.9 Å². The molecule has 0 aliphatic carbocycles. The lowest BCUT2D eigenvalue weighted by Crippen LogP contribution is -2.43. The molecular weight excluding hydrogens is 314 g/mol. The van der Waals surface area contributed by atoms with E-state index in [4.69, 9.17) is 0 Å². The summed E-state index contributed by atoms with van der Waals surface area (Å²) in [6, 6.07) is 8.52. The quantitative estimate of drug-likeness (QED) is 0.860. The number of nitrogens with zero attached hydrogens (tertiary/aromatic N) is 5. The fraction of sp³-hybridized carbons (Fsp3) is 0.526. The Hall–Kier alpha value is -2.21. The Morgan fingerprint density at radius 3 is 2.68 bits per heavy atom. The highest BCUT2D eigenvalue weighted by molar-refractivity contribution is 5.97. The second-order valence-corrected chi connectivity index (χ2v) is 7.15. The smallest absolute Gasteiger partial charge is 0.230 e. The first-order valence-corrected chi connectivity index (χ1v) is 9.12. The van der Waals surface area contributed by atoms with E-state index in [1.807, 2.05) is 22.6 Å². The van der Waals surface area contributed by atoms with E-state index in [0.29, 0.717) is 5.91 Å². The maximum absolute atomic E-state index is 13.0. The molecule has 132 valence electrons. The maximum atomic E-state index is 13.0. The van der Waals surface area contributed by atoms with Crippen LogP contribution >= 0.6 is 0 Å². The Kier molecular flexibility index (Phi) is 4.29. The summed E-state index contributed by atoms with van der Waals surface area (Å²) in [5, 5.41) is 8.21. The Labute approximate surface area is 148 Å². The highest BCUT2D eigenvalue weighted by Gasteiger charge is 2.33. The van der Waals surface area contributed by atoms with E-state index in [2.05, 4.69) is 40.2 Å². The van der Waals surface area contributed by atoms with Gasteiger partial charge in [0.2, 0.25) is 5.91 Å². The highest BCUT2D eigenvalue weighted by Crippen LogP contribution is 2.32. The fourth-order valence-corrected chi connectivity index (χ4v) is 4.15. The standard InChI is InChI=1S/C19H25N5O/c1-14(18-21-20-13-22(18)2)23-10-7-16(8-11-23)19(25)24-12-9-15-5-3-4-6-17(15)24/h3-6,13-14,16H,7-12H2,1-2H3. The second kappa shape index (κ2) is 6.59. The van der Waals surface area contributed by atoms with Crippen LogP contribution < -0.4 is 4.90 Å². The van der Waals surface area contributed by atoms with Crippen LogP contribution in [0.2, 0.25) is 0 Å². The minimum atomic E-state index is 0.133. The van der Waals surface area contributed by atoms with Gasteiger partial charge in [0, 0.05) is 25.2 Å². The third kappa shape index (κ3) is 2.95. The van der Waals surface area contributed by atoms with E-state index >= 15 is 0 Å². The van der Waals surface area contributed by atoms with Crippen LogP contribution in [0.25, 0.3) is 0 Å². The molecule has 0 radical (unpaired) electrons. The SMILES string of the molecule is CC(c1nncn1C)N1CCC(C(=O)N2CCc3ccccc32)CC1. The van der Waals surface area contributed by atoms with Gasteiger partial charge in [0.15, 0.2) is 0 Å². The molecule has 0 spiro atoms. The molecule has 1 atom stereocenters. The third-order valence-corrected chi connectivity index (χ3v) is 5.70. The second-order valence-electron chi connectivity index (χ2n) is 7.15. The Morgan fingerprint density at radius 2 is 1.96 bits per heavy atom. The van der Waals surface area contributed by atoms with Gasteiger partial charge in [-0.25, -0.2) is 0 Å². The van der Waals surface area contributed by atoms with Crippen molar-refractivity contribution in [3.05, 3.63) is 42.0 Å². The molecule has 0 saturated carbocycles. The van der Waals surface area contributed by atoms with Crippen molar-refractivity contribution in [1.82, 2.24) is 19.7 Å². The number of carbonyl (C=O) groups is 1. The van der Waals surface area contributed by atoms with Gasteiger partial charge in [0.05, 0.1) is 6.04 Å². The predicted molar refractivity (Wildman–Crippen MR) is 96.2 cm³/mol. The number of amides is 1. The molecule has 1 aromatic carbocycles. The first-order chi connectivity index (χ1) is 12.1. The van der Waals surface area contributed by atoms with Crippen LogP contribution in [0.3, 0.4) is 0 Å². The van der Waals surface area contributed by atoms with Crippen LogP contribution in [0.1, 0.15) is 37.2 Å². The molecule has 0 bridgehead atoms. The first-order valence-electron chi connectivity index (χ1n) is 9.12. The van der Waals surface area contributed by atoms with Gasteiger partial charge in [-0.2, -0.15) is 0 Å². The number of carbonyl (C=O) groups excluding carboxylic acids is 1. The number of aromatic nitrogens is 3. The van der Waals surface area contributed by atoms with Crippen molar-refractivity contribution < 1.29 is 4.79 Å². The van der Waals surface area contributed by atoms with Crippen molar-refractivity contribution in [3.63, 3.8) is 0 Å². The van der Waals surface area contributed by atoms with E-state index in [1.54, 1.807) is 6.33 Å². The van der Waals surface area contributed by atoms with Crippen LogP contribution in [-0.2, 0) is 18.3 Å². The monoisotopic (exact) mass is 339 g/mol. The number of hydrogen-bond acceptors (Lipinski definition) is 4. The summed E-state index contributed by atoms with van der Waals surface area (Å²) in [5.74, 6) is 1.42. The van der Waals surface area contributed by atoms with Gasteiger partial charge in [-0.1, -0.05) is 18.2 Å². The summed E-state index contributed by atoms with van der Waals surface area (Å²) in [5.41, 5.74) is 2.41. The Morgan fingerprint density at radius 1 is 1.20 bits per heavy atom. The number of piperidine rings is 1. The van der Waals surface area contributed by atoms with Crippen molar-refractivity contribution >= 4 is 11.6 Å². The molecular formula is C19H25N5O. The number of benzene rings is 1. The van der Waals surface area contributed by atoms with Gasteiger partial charge in [-0.15, -0.1) is 10.2 Å². The molecule has 2 aliphatic heterocycles. The molecule has 2 aliphatic rings. The number of anilines is 1. The maximum Gasteiger partial charge on any atom is 0.230 e. The number of aryl methyl sites for hydroxylation is 1. The summed E-state index contributed by atoms with van der Waals surface area (Å²) >= 11 is 0. The van der Waals surface area contributed by atoms with Gasteiger partial charge >= 0.3 is 0 Å². The van der Waals surface area contributed by atoms with Crippen molar-refractivity contribution in [2.24, 2.45) is 13.0 Å². The molecule has 6 heteroatoms. The van der Waals surface area contributed by atoms with Crippen LogP contribution in [0, 0.1) is 5.92 Å². The van der Waals surface area contributed by atoms with Gasteiger partial charge in [0.25, 0.3) is 0 Å². The van der Waals surface area contributed by atoms with Crippen molar-refractivity contribution in [2.75, 3.05) is 24.5 Å². The number of likely N-dealkylation sites (tertiary alicyclic amines) is 1. The lowest BCUT2D eigenvalue weighted by molar-refractivity contribution is -0.123. The van der Waals surface area contributed by atoms with Gasteiger partial charge in [-0.3, -0.25) is 9.69 Å². The molecule has 1 aromatic heterocycles. The molecule has 1 amide bonds. The fourth-order valence-electron chi connectivity index (χ4n) is 4.15. The third-order valence-electron chi connectivity index (χ3n) is 5.70. The largest absolute Gasteiger partial charge is 0.319 e. The molecule has 4 rings (SSSR count). The molecule has 1 saturated heterocycles. The van der Waals surface area contributed by atoms with Crippen LogP contribution in [0.5, 0.6) is 0 Å². The van der Waals surface area contributed by atoms with Crippen LogP contribution in [-0.4, -0.2) is 45.2 Å². The highest BCUT2D eigenvalue weighted by atomic mass is 16.2. The zero-order valence-corrected chi connectivity index (χ0v) is 14.9. The number of hydrogen-bond donors (Lipinski definition) is 0. The summed E-state index contributed by atoms with van der Waals surface area (Å²) in [7, 11) is 1.98. The van der Waals surface area contributed by atoms with E-state index in [9.17, 15) is 4.79 Å². The van der Waals surface area contributed by atoms with E-state index < -0.39 is 0 Å². The normalized spacial score (nSPS) is 19.8. The van der Waals surface area contributed by atoms with E-state index in [0.717, 1.165) is 50.4 Å². The Bertz CT molecular complexity index is 763. The molecule has 25 heavy (non-hydrogen) atoms. The van der Waals surface area contributed by atoms with Crippen molar-refractivity contribution in [2.45, 2.75) is 32.2 Å². The average Bonchev–Trinajstić information content (AvgIpc) is 3.27. The van der Waals surface area contributed by atoms with Gasteiger partial charge < -0.3 is 9.47 Å². The van der Waals surface area contributed by atoms with Crippen molar-refractivity contribution in [1.29, 1.82) is 0 Å². The Balaban J connectivity index is 1.39. The van der Waals surface area contributed by atoms with E-state index in [-0.39, 0.29) is 12.0 Å². The molecule has 1 fully saturated rings. The van der Waals surface area contributed by atoms with Crippen LogP contribution in [0.15, 0.2) is 30.6 Å². The molecule has 0 N–H and O–H groups in total. The van der Waals surface area contributed by atoms with Crippen LogP contribution in [0.4, 0.5) is 5.69 Å². The molecule has 6 nitrogen and oxygen atoms in total. The first kappa shape index (κ1) is 16.3. The molecule has 3 heterocycles. The average molecular weight is 339 g/mol. The summed E-state index contributed by atoms with van der Waals surface area (Å²) in [6.45, 7) is 4.86. The zero-order valence-electron chi connectivity index (χ0n) is 14.9. The number of para-hydroxylation sites is 1. The lowest BCUT2D eigenvalue weighted by Gasteiger charge is -2.36. The predicted octanol–water partition coefficient (Wildman–Crippen LogP) is 2.18. The number of rotatable bonds is 3. The lowest BCUT2D eigenvalue weighted by atomic mass is 9.94. The van der Waals surface area contributed by atoms with Crippen molar-refractivity contribution in [3.8, 4) is 0 Å². The summed E-state index contributed by atoms with van der Waals surface area (Å²) in [4.78, 5) is 17.4. The molecule has 2 aromatic rings. The van der Waals surface area contributed by atoms with E-state index in [1.165, 1.54) is 5.56 Å². The topological polar surface area (TPSA) is 54.3 Å². The minimum Gasteiger partial charge on any atom is -0.319 e. The van der Waals surface area contributed by atoms with Gasteiger partial charge in [0.1, 0.15) is 12.2 Å². The summed E-state index contributed by atoms with van der Waals surface area (Å²) < 4.78 is 1.98.